The van der Waals surface area contributed by atoms with Gasteiger partial charge in [0.25, 0.3) is 0 Å². The quantitative estimate of drug-likeness (QED) is 0.717. The second-order valence-corrected chi connectivity index (χ2v) is 6.31. The minimum Gasteiger partial charge on any atom is -0.378 e. The molecule has 2 nitrogen and oxygen atoms in total. The third-order valence-corrected chi connectivity index (χ3v) is 4.77. The van der Waals surface area contributed by atoms with Crippen molar-refractivity contribution in [3.63, 3.8) is 0 Å². The van der Waals surface area contributed by atoms with E-state index in [1.807, 2.05) is 11.8 Å². The highest BCUT2D eigenvalue weighted by Crippen LogP contribution is 2.30. The Bertz CT molecular complexity index is 390. The summed E-state index contributed by atoms with van der Waals surface area (Å²) in [5, 5.41) is 3.72. The molecule has 112 valence electrons. The van der Waals surface area contributed by atoms with Gasteiger partial charge in [0.1, 0.15) is 0 Å². The average molecular weight is 293 g/mol. The van der Waals surface area contributed by atoms with Crippen molar-refractivity contribution < 1.29 is 4.74 Å². The van der Waals surface area contributed by atoms with E-state index in [2.05, 4.69) is 42.8 Å². The van der Waals surface area contributed by atoms with Gasteiger partial charge in [0.2, 0.25) is 0 Å². The van der Waals surface area contributed by atoms with E-state index in [-0.39, 0.29) is 0 Å². The topological polar surface area (TPSA) is 21.3 Å². The molecule has 1 aliphatic rings. The fourth-order valence-electron chi connectivity index (χ4n) is 2.86. The highest BCUT2D eigenvalue weighted by atomic mass is 32.2. The van der Waals surface area contributed by atoms with E-state index in [9.17, 15) is 0 Å². The van der Waals surface area contributed by atoms with Crippen molar-refractivity contribution in [2.24, 2.45) is 0 Å². The van der Waals surface area contributed by atoms with Crippen LogP contribution in [0.5, 0.6) is 0 Å². The first kappa shape index (κ1) is 15.9. The zero-order valence-electron chi connectivity index (χ0n) is 12.7. The fraction of sp³-hybridized carbons (Fsp3) is 0.647. The Morgan fingerprint density at radius 1 is 1.40 bits per heavy atom. The maximum Gasteiger partial charge on any atom is 0.0576 e. The molecule has 1 aromatic rings. The summed E-state index contributed by atoms with van der Waals surface area (Å²) in [6.45, 7) is 4.27. The first-order valence-corrected chi connectivity index (χ1v) is 9.05. The van der Waals surface area contributed by atoms with Gasteiger partial charge in [0.15, 0.2) is 0 Å². The largest absolute Gasteiger partial charge is 0.378 e. The zero-order chi connectivity index (χ0) is 14.2. The Morgan fingerprint density at radius 2 is 2.25 bits per heavy atom. The first-order chi connectivity index (χ1) is 9.85. The maximum absolute atomic E-state index is 5.77. The van der Waals surface area contributed by atoms with Gasteiger partial charge in [-0.3, -0.25) is 0 Å². The van der Waals surface area contributed by atoms with Crippen molar-refractivity contribution in [3.05, 3.63) is 29.8 Å². The molecule has 0 spiro atoms. The molecule has 20 heavy (non-hydrogen) atoms. The lowest BCUT2D eigenvalue weighted by atomic mass is 9.99. The van der Waals surface area contributed by atoms with Crippen molar-refractivity contribution >= 4 is 11.8 Å². The van der Waals surface area contributed by atoms with Gasteiger partial charge >= 0.3 is 0 Å². The average Bonchev–Trinajstić information content (AvgIpc) is 3.01. The lowest BCUT2D eigenvalue weighted by Gasteiger charge is -2.22. The van der Waals surface area contributed by atoms with Gasteiger partial charge in [-0.05, 0) is 56.5 Å². The molecule has 2 unspecified atom stereocenters. The molecular weight excluding hydrogens is 266 g/mol. The van der Waals surface area contributed by atoms with Crippen LogP contribution in [0.4, 0.5) is 0 Å². The van der Waals surface area contributed by atoms with Gasteiger partial charge in [-0.15, -0.1) is 11.8 Å². The van der Waals surface area contributed by atoms with Crippen LogP contribution in [0.25, 0.3) is 0 Å². The second-order valence-electron chi connectivity index (χ2n) is 5.46. The Morgan fingerprint density at radius 3 is 2.95 bits per heavy atom. The van der Waals surface area contributed by atoms with Crippen LogP contribution in [0.3, 0.4) is 0 Å². The molecule has 3 heteroatoms. The van der Waals surface area contributed by atoms with Crippen molar-refractivity contribution in [3.8, 4) is 0 Å². The van der Waals surface area contributed by atoms with Gasteiger partial charge in [-0.25, -0.2) is 0 Å². The molecule has 0 radical (unpaired) electrons. The van der Waals surface area contributed by atoms with Gasteiger partial charge in [0.05, 0.1) is 6.10 Å². The molecule has 1 saturated heterocycles. The summed E-state index contributed by atoms with van der Waals surface area (Å²) in [7, 11) is 0. The van der Waals surface area contributed by atoms with E-state index in [4.69, 9.17) is 4.74 Å². The van der Waals surface area contributed by atoms with Crippen LogP contribution in [0.15, 0.2) is 29.2 Å². The summed E-state index contributed by atoms with van der Waals surface area (Å²) < 4.78 is 5.77. The molecule has 1 heterocycles. The SMILES string of the molecule is CCCNC(CCC1CCCO1)c1ccccc1SC. The van der Waals surface area contributed by atoms with E-state index in [0.29, 0.717) is 12.1 Å². The number of hydrogen-bond acceptors (Lipinski definition) is 3. The molecule has 0 aliphatic carbocycles. The Labute approximate surface area is 127 Å². The minimum atomic E-state index is 0.461. The molecule has 0 bridgehead atoms. The summed E-state index contributed by atoms with van der Waals surface area (Å²) in [6, 6.07) is 9.25. The van der Waals surface area contributed by atoms with Crippen molar-refractivity contribution in [1.82, 2.24) is 5.32 Å². The summed E-state index contributed by atoms with van der Waals surface area (Å²) >= 11 is 1.84. The minimum absolute atomic E-state index is 0.461. The van der Waals surface area contributed by atoms with Gasteiger partial charge < -0.3 is 10.1 Å². The fourth-order valence-corrected chi connectivity index (χ4v) is 3.53. The third kappa shape index (κ3) is 4.51. The molecule has 0 aromatic heterocycles. The number of nitrogens with one attached hydrogen (secondary N) is 1. The van der Waals surface area contributed by atoms with E-state index >= 15 is 0 Å². The smallest absolute Gasteiger partial charge is 0.0576 e. The number of benzene rings is 1. The number of ether oxygens (including phenoxy) is 1. The first-order valence-electron chi connectivity index (χ1n) is 7.83. The Balaban J connectivity index is 2.01. The molecule has 1 aromatic carbocycles. The lowest BCUT2D eigenvalue weighted by molar-refractivity contribution is 0.0995. The van der Waals surface area contributed by atoms with Crippen molar-refractivity contribution in [2.45, 2.75) is 56.1 Å². The Kier molecular flexibility index (Phi) is 6.91. The standard InChI is InChI=1S/C17H27NOS/c1-3-12-18-16(11-10-14-7-6-13-19-14)15-8-4-5-9-17(15)20-2/h4-5,8-9,14,16,18H,3,6-7,10-13H2,1-2H3. The molecule has 2 rings (SSSR count). The van der Waals surface area contributed by atoms with Crippen LogP contribution >= 0.6 is 11.8 Å². The highest BCUT2D eigenvalue weighted by molar-refractivity contribution is 7.98. The van der Waals surface area contributed by atoms with Crippen LogP contribution in [-0.2, 0) is 4.74 Å². The maximum atomic E-state index is 5.77. The van der Waals surface area contributed by atoms with Crippen LogP contribution in [-0.4, -0.2) is 25.5 Å². The summed E-state index contributed by atoms with van der Waals surface area (Å²) in [5.41, 5.74) is 1.45. The molecule has 0 amide bonds. The van der Waals surface area contributed by atoms with E-state index in [1.54, 1.807) is 0 Å². The van der Waals surface area contributed by atoms with Crippen molar-refractivity contribution in [2.75, 3.05) is 19.4 Å². The van der Waals surface area contributed by atoms with Crippen molar-refractivity contribution in [1.29, 1.82) is 0 Å². The van der Waals surface area contributed by atoms with Crippen LogP contribution < -0.4 is 5.32 Å². The predicted molar refractivity (Wildman–Crippen MR) is 87.5 cm³/mol. The zero-order valence-corrected chi connectivity index (χ0v) is 13.5. The second kappa shape index (κ2) is 8.71. The lowest BCUT2D eigenvalue weighted by Crippen LogP contribution is -2.24. The normalized spacial score (nSPS) is 20.2. The van der Waals surface area contributed by atoms with Gasteiger partial charge in [-0.2, -0.15) is 0 Å². The molecule has 1 aliphatic heterocycles. The molecular formula is C17H27NOS. The summed E-state index contributed by atoms with van der Waals surface area (Å²) in [5.74, 6) is 0. The predicted octanol–water partition coefficient (Wildman–Crippen LogP) is 4.41. The van der Waals surface area contributed by atoms with E-state index < -0.39 is 0 Å². The molecule has 0 saturated carbocycles. The third-order valence-electron chi connectivity index (χ3n) is 3.96. The Hall–Kier alpha value is -0.510. The van der Waals surface area contributed by atoms with E-state index in [1.165, 1.54) is 42.6 Å². The number of thioether (sulfide) groups is 1. The number of hydrogen-bond donors (Lipinski definition) is 1. The molecule has 1 N–H and O–H groups in total. The monoisotopic (exact) mass is 293 g/mol. The summed E-state index contributed by atoms with van der Waals surface area (Å²) in [4.78, 5) is 1.40. The van der Waals surface area contributed by atoms with Gasteiger partial charge in [-0.1, -0.05) is 25.1 Å². The van der Waals surface area contributed by atoms with E-state index in [0.717, 1.165) is 13.2 Å². The highest BCUT2D eigenvalue weighted by Gasteiger charge is 2.19. The molecule has 2 atom stereocenters. The van der Waals surface area contributed by atoms with Crippen LogP contribution in [0, 0.1) is 0 Å². The molecule has 1 fully saturated rings. The number of rotatable bonds is 8. The van der Waals surface area contributed by atoms with Crippen LogP contribution in [0.1, 0.15) is 50.6 Å². The van der Waals surface area contributed by atoms with Crippen LogP contribution in [0.2, 0.25) is 0 Å². The van der Waals surface area contributed by atoms with Gasteiger partial charge in [0, 0.05) is 17.5 Å². The summed E-state index contributed by atoms with van der Waals surface area (Å²) in [6.07, 6.45) is 8.64.